The third-order valence-corrected chi connectivity index (χ3v) is 6.90. The van der Waals surface area contributed by atoms with Crippen molar-refractivity contribution in [1.82, 2.24) is 14.5 Å². The van der Waals surface area contributed by atoms with Gasteiger partial charge in [0.05, 0.1) is 24.7 Å². The predicted octanol–water partition coefficient (Wildman–Crippen LogP) is 2.92. The minimum absolute atomic E-state index is 0.475. The van der Waals surface area contributed by atoms with Gasteiger partial charge in [-0.2, -0.15) is 0 Å². The molecule has 0 spiro atoms. The van der Waals surface area contributed by atoms with Crippen LogP contribution in [-0.4, -0.2) is 85.5 Å². The Labute approximate surface area is 251 Å². The molecule has 1 unspecified atom stereocenters. The molecular formula is C30H34N4O10. The molecule has 14 heteroatoms. The summed E-state index contributed by atoms with van der Waals surface area (Å²) >= 11 is 0. The number of furan rings is 1. The first-order valence-electron chi connectivity index (χ1n) is 13.5. The van der Waals surface area contributed by atoms with E-state index in [1.165, 1.54) is 11.1 Å². The Morgan fingerprint density at radius 1 is 0.955 bits per heavy atom. The van der Waals surface area contributed by atoms with Gasteiger partial charge in [0, 0.05) is 19.0 Å². The number of carbonyl (C=O) groups is 4. The van der Waals surface area contributed by atoms with E-state index >= 15 is 0 Å². The van der Waals surface area contributed by atoms with Gasteiger partial charge >= 0.3 is 23.9 Å². The van der Waals surface area contributed by atoms with Crippen molar-refractivity contribution in [3.05, 3.63) is 77.2 Å². The predicted molar refractivity (Wildman–Crippen MR) is 158 cm³/mol. The van der Waals surface area contributed by atoms with Gasteiger partial charge < -0.3 is 44.8 Å². The first-order chi connectivity index (χ1) is 20.9. The Balaban J connectivity index is 0.000000375. The number of ether oxygens (including phenoxy) is 1. The third-order valence-electron chi connectivity index (χ3n) is 6.90. The number of hydrogen-bond acceptors (Lipinski definition) is 9. The molecule has 44 heavy (non-hydrogen) atoms. The van der Waals surface area contributed by atoms with Gasteiger partial charge in [-0.3, -0.25) is 0 Å². The maximum atomic E-state index is 9.10. The van der Waals surface area contributed by atoms with Crippen LogP contribution in [-0.2, 0) is 32.1 Å². The molecule has 0 amide bonds. The van der Waals surface area contributed by atoms with Gasteiger partial charge in [0.15, 0.2) is 0 Å². The Morgan fingerprint density at radius 3 is 2.14 bits per heavy atom. The number of benzene rings is 2. The number of methoxy groups -OCH3 is 1. The molecule has 1 atom stereocenters. The molecule has 2 aromatic heterocycles. The van der Waals surface area contributed by atoms with E-state index < -0.39 is 23.9 Å². The molecule has 1 aliphatic rings. The van der Waals surface area contributed by atoms with Crippen LogP contribution in [0.1, 0.15) is 35.0 Å². The fourth-order valence-electron chi connectivity index (χ4n) is 4.78. The number of likely N-dealkylation sites (tertiary alicyclic amines) is 1. The number of aryl methyl sites for hydroxylation is 1. The van der Waals surface area contributed by atoms with Crippen LogP contribution in [0.2, 0.25) is 0 Å². The molecule has 2 aromatic carbocycles. The number of rotatable bonds is 7. The lowest BCUT2D eigenvalue weighted by atomic mass is 9.97. The second-order valence-corrected chi connectivity index (χ2v) is 9.89. The standard InChI is InChI=1S/C26H30N4O2.2C2H2O4/c1-18-6-9-22(32-18)17-30-24-5-3-4-23(25(24)28-26(30)27)20-13-15-29(16-20)14-12-19-7-10-21(31-2)11-8-19;2*3-1(4)2(5)6/h3-11,20H,12-17H2,1-2H3,(H2,27,28);2*(H,3,4)(H,5,6). The van der Waals surface area contributed by atoms with Gasteiger partial charge in [-0.15, -0.1) is 0 Å². The lowest BCUT2D eigenvalue weighted by molar-refractivity contribution is -0.159. The summed E-state index contributed by atoms with van der Waals surface area (Å²) in [6.45, 7) is 5.78. The number of anilines is 1. The zero-order valence-corrected chi connectivity index (χ0v) is 24.2. The summed E-state index contributed by atoms with van der Waals surface area (Å²) < 4.78 is 13.1. The first-order valence-corrected chi connectivity index (χ1v) is 13.5. The summed E-state index contributed by atoms with van der Waals surface area (Å²) in [7, 11) is 1.70. The SMILES string of the molecule is COc1ccc(CCN2CCC(c3cccc4c3nc(N)n4Cc3ccc(C)o3)C2)cc1.O=C(O)C(=O)O.O=C(O)C(=O)O. The van der Waals surface area contributed by atoms with Gasteiger partial charge in [-0.25, -0.2) is 24.2 Å². The minimum atomic E-state index is -1.82. The third kappa shape index (κ3) is 9.06. The number of carboxylic acids is 4. The number of aliphatic carboxylic acids is 4. The molecule has 0 radical (unpaired) electrons. The van der Waals surface area contributed by atoms with Crippen molar-refractivity contribution >= 4 is 40.9 Å². The molecule has 3 heterocycles. The maximum Gasteiger partial charge on any atom is 0.414 e. The van der Waals surface area contributed by atoms with E-state index in [0.717, 1.165) is 60.8 Å². The molecule has 1 saturated heterocycles. The minimum Gasteiger partial charge on any atom is -0.497 e. The van der Waals surface area contributed by atoms with Gasteiger partial charge in [-0.1, -0.05) is 24.3 Å². The Hall–Kier alpha value is -5.37. The highest BCUT2D eigenvalue weighted by Crippen LogP contribution is 2.33. The van der Waals surface area contributed by atoms with Gasteiger partial charge in [0.1, 0.15) is 17.3 Å². The molecule has 5 rings (SSSR count). The van der Waals surface area contributed by atoms with Gasteiger partial charge in [-0.05, 0) is 67.8 Å². The number of carboxylic acid groups (broad SMARTS) is 4. The first kappa shape index (κ1) is 33.1. The normalized spacial score (nSPS) is 14.2. The van der Waals surface area contributed by atoms with Gasteiger partial charge in [0.25, 0.3) is 0 Å². The second kappa shape index (κ2) is 15.2. The number of aromatic nitrogens is 2. The van der Waals surface area contributed by atoms with Crippen molar-refractivity contribution in [1.29, 1.82) is 0 Å². The topological polar surface area (TPSA) is 219 Å². The Kier molecular flexibility index (Phi) is 11.4. The van der Waals surface area contributed by atoms with Crippen LogP contribution in [0.5, 0.6) is 5.75 Å². The smallest absolute Gasteiger partial charge is 0.414 e. The molecule has 234 valence electrons. The van der Waals surface area contributed by atoms with Gasteiger partial charge in [0.2, 0.25) is 5.95 Å². The molecule has 0 saturated carbocycles. The number of para-hydroxylation sites is 1. The average Bonchev–Trinajstić information content (AvgIpc) is 3.71. The summed E-state index contributed by atoms with van der Waals surface area (Å²) in [5, 5.41) is 29.6. The summed E-state index contributed by atoms with van der Waals surface area (Å²) in [5.41, 5.74) is 11.1. The number of hydrogen-bond donors (Lipinski definition) is 5. The molecule has 0 aliphatic carbocycles. The highest BCUT2D eigenvalue weighted by atomic mass is 16.5. The molecule has 0 bridgehead atoms. The van der Waals surface area contributed by atoms with Crippen LogP contribution < -0.4 is 10.5 Å². The zero-order chi connectivity index (χ0) is 32.4. The largest absolute Gasteiger partial charge is 0.497 e. The lowest BCUT2D eigenvalue weighted by Gasteiger charge is -2.16. The lowest BCUT2D eigenvalue weighted by Crippen LogP contribution is -2.23. The zero-order valence-electron chi connectivity index (χ0n) is 24.2. The number of nitrogens with zero attached hydrogens (tertiary/aromatic N) is 3. The summed E-state index contributed by atoms with van der Waals surface area (Å²) in [6, 6.07) is 18.8. The van der Waals surface area contributed by atoms with E-state index in [9.17, 15) is 0 Å². The van der Waals surface area contributed by atoms with E-state index in [1.807, 2.05) is 35.8 Å². The molecule has 1 aliphatic heterocycles. The van der Waals surface area contributed by atoms with Crippen LogP contribution in [0.4, 0.5) is 5.95 Å². The molecule has 6 N–H and O–H groups in total. The van der Waals surface area contributed by atoms with E-state index in [1.54, 1.807) is 7.11 Å². The molecule has 4 aromatic rings. The van der Waals surface area contributed by atoms with Crippen molar-refractivity contribution in [3.63, 3.8) is 0 Å². The van der Waals surface area contributed by atoms with Crippen molar-refractivity contribution in [3.8, 4) is 5.75 Å². The van der Waals surface area contributed by atoms with Crippen molar-refractivity contribution in [2.75, 3.05) is 32.5 Å². The summed E-state index contributed by atoms with van der Waals surface area (Å²) in [5.74, 6) is -3.58. The van der Waals surface area contributed by atoms with Crippen molar-refractivity contribution in [2.24, 2.45) is 0 Å². The Morgan fingerprint density at radius 2 is 1.59 bits per heavy atom. The Bertz CT molecular complexity index is 1560. The second-order valence-electron chi connectivity index (χ2n) is 9.89. The molecule has 1 fully saturated rings. The van der Waals surface area contributed by atoms with E-state index in [4.69, 9.17) is 59.5 Å². The quantitative estimate of drug-likeness (QED) is 0.190. The van der Waals surface area contributed by atoms with Crippen LogP contribution in [0.3, 0.4) is 0 Å². The fraction of sp³-hybridized carbons (Fsp3) is 0.300. The van der Waals surface area contributed by atoms with E-state index in [-0.39, 0.29) is 0 Å². The number of nitrogen functional groups attached to an aromatic ring is 1. The van der Waals surface area contributed by atoms with Crippen LogP contribution in [0.15, 0.2) is 59.0 Å². The molecule has 14 nitrogen and oxygen atoms in total. The monoisotopic (exact) mass is 610 g/mol. The maximum absolute atomic E-state index is 9.10. The number of fused-ring (bicyclic) bond motifs is 1. The highest BCUT2D eigenvalue weighted by Gasteiger charge is 2.26. The number of nitrogens with two attached hydrogens (primary N) is 1. The van der Waals surface area contributed by atoms with Crippen LogP contribution >= 0.6 is 0 Å². The summed E-state index contributed by atoms with van der Waals surface area (Å²) in [4.78, 5) is 43.7. The summed E-state index contributed by atoms with van der Waals surface area (Å²) in [6.07, 6.45) is 2.19. The number of imidazole rings is 1. The highest BCUT2D eigenvalue weighted by molar-refractivity contribution is 6.27. The van der Waals surface area contributed by atoms with Crippen LogP contribution in [0.25, 0.3) is 11.0 Å². The average molecular weight is 611 g/mol. The fourth-order valence-corrected chi connectivity index (χ4v) is 4.78. The van der Waals surface area contributed by atoms with E-state index in [0.29, 0.717) is 18.4 Å². The van der Waals surface area contributed by atoms with Crippen LogP contribution in [0, 0.1) is 6.92 Å². The molecular weight excluding hydrogens is 576 g/mol. The van der Waals surface area contributed by atoms with Crippen molar-refractivity contribution in [2.45, 2.75) is 32.2 Å². The van der Waals surface area contributed by atoms with Crippen molar-refractivity contribution < 1.29 is 48.8 Å². The van der Waals surface area contributed by atoms with E-state index in [2.05, 4.69) is 35.2 Å².